The Morgan fingerprint density at radius 1 is 1.52 bits per heavy atom. The smallest absolute Gasteiger partial charge is 0.237 e. The van der Waals surface area contributed by atoms with Crippen LogP contribution in [0.15, 0.2) is 22.8 Å². The third-order valence-electron chi connectivity index (χ3n) is 3.43. The van der Waals surface area contributed by atoms with Crippen molar-refractivity contribution >= 4 is 32.7 Å². The van der Waals surface area contributed by atoms with Gasteiger partial charge in [-0.3, -0.25) is 4.79 Å². The number of fused-ring (bicyclic) bond motifs is 1. The van der Waals surface area contributed by atoms with Crippen molar-refractivity contribution in [2.45, 2.75) is 32.2 Å². The number of benzene rings is 1. The first-order valence-electron chi connectivity index (χ1n) is 7.05. The van der Waals surface area contributed by atoms with Gasteiger partial charge in [0.25, 0.3) is 0 Å². The second-order valence-corrected chi connectivity index (χ2v) is 5.90. The maximum absolute atomic E-state index is 11.9. The number of H-pyrrole nitrogens is 1. The van der Waals surface area contributed by atoms with Gasteiger partial charge < -0.3 is 21.1 Å². The van der Waals surface area contributed by atoms with Gasteiger partial charge in [0, 0.05) is 17.4 Å². The van der Waals surface area contributed by atoms with Crippen LogP contribution in [0.1, 0.15) is 25.3 Å². The van der Waals surface area contributed by atoms with E-state index in [0.29, 0.717) is 13.0 Å². The molecule has 2 rings (SSSR count). The highest BCUT2D eigenvalue weighted by molar-refractivity contribution is 9.10. The van der Waals surface area contributed by atoms with E-state index in [2.05, 4.69) is 33.2 Å². The van der Waals surface area contributed by atoms with Crippen LogP contribution in [0, 0.1) is 0 Å². The number of aromatic amines is 1. The summed E-state index contributed by atoms with van der Waals surface area (Å²) in [5, 5.41) is 13.3. The average Bonchev–Trinajstić information content (AvgIpc) is 2.75. The number of hydrogen-bond donors (Lipinski definition) is 4. The fraction of sp³-hybridized carbons (Fsp3) is 0.400. The predicted octanol–water partition coefficient (Wildman–Crippen LogP) is 2.42. The molecular weight excluding hydrogens is 334 g/mol. The summed E-state index contributed by atoms with van der Waals surface area (Å²) in [6.07, 6.45) is 2.38. The fourth-order valence-electron chi connectivity index (χ4n) is 2.23. The Hall–Kier alpha value is -1.53. The summed E-state index contributed by atoms with van der Waals surface area (Å²) in [5.74, 6) is 0.0427. The summed E-state index contributed by atoms with van der Waals surface area (Å²) >= 11 is 3.45. The molecule has 0 bridgehead atoms. The monoisotopic (exact) mass is 353 g/mol. The summed E-state index contributed by atoms with van der Waals surface area (Å²) < 4.78 is 0.792. The maximum Gasteiger partial charge on any atom is 0.237 e. The van der Waals surface area contributed by atoms with Gasteiger partial charge in [-0.25, -0.2) is 0 Å². The van der Waals surface area contributed by atoms with E-state index in [1.54, 1.807) is 18.2 Å². The van der Waals surface area contributed by atoms with Crippen molar-refractivity contribution in [3.63, 3.8) is 0 Å². The molecule has 1 heterocycles. The van der Waals surface area contributed by atoms with Gasteiger partial charge in [-0.05, 0) is 52.5 Å². The highest BCUT2D eigenvalue weighted by Gasteiger charge is 2.18. The minimum atomic E-state index is -0.612. The molecule has 2 aromatic rings. The number of phenolic OH excluding ortho intramolecular Hbond substituents is 1. The molecule has 0 aliphatic heterocycles. The van der Waals surface area contributed by atoms with Crippen molar-refractivity contribution in [1.82, 2.24) is 10.3 Å². The Kier molecular flexibility index (Phi) is 5.25. The number of halogens is 1. The lowest BCUT2D eigenvalue weighted by Gasteiger charge is -2.12. The van der Waals surface area contributed by atoms with Gasteiger partial charge in [-0.15, -0.1) is 0 Å². The Morgan fingerprint density at radius 3 is 3.00 bits per heavy atom. The van der Waals surface area contributed by atoms with Crippen molar-refractivity contribution < 1.29 is 9.90 Å². The van der Waals surface area contributed by atoms with Crippen molar-refractivity contribution in [1.29, 1.82) is 0 Å². The van der Waals surface area contributed by atoms with Gasteiger partial charge in [0.1, 0.15) is 5.75 Å². The summed E-state index contributed by atoms with van der Waals surface area (Å²) in [7, 11) is 0. The molecule has 1 aromatic heterocycles. The molecule has 6 heteroatoms. The molecule has 5 N–H and O–H groups in total. The second-order valence-electron chi connectivity index (χ2n) is 5.10. The molecule has 0 aliphatic carbocycles. The molecule has 0 unspecified atom stereocenters. The zero-order valence-electron chi connectivity index (χ0n) is 11.9. The molecule has 0 radical (unpaired) electrons. The van der Waals surface area contributed by atoms with E-state index in [-0.39, 0.29) is 11.7 Å². The normalized spacial score (nSPS) is 12.5. The zero-order chi connectivity index (χ0) is 15.4. The van der Waals surface area contributed by atoms with Gasteiger partial charge in [-0.2, -0.15) is 0 Å². The van der Waals surface area contributed by atoms with Crippen molar-refractivity contribution in [2.24, 2.45) is 5.73 Å². The van der Waals surface area contributed by atoms with Crippen LogP contribution in [0.2, 0.25) is 0 Å². The third-order valence-corrected chi connectivity index (χ3v) is 4.10. The van der Waals surface area contributed by atoms with Crippen molar-refractivity contribution in [3.8, 4) is 5.75 Å². The van der Waals surface area contributed by atoms with Crippen LogP contribution >= 0.6 is 15.9 Å². The first kappa shape index (κ1) is 15.9. The van der Waals surface area contributed by atoms with Crippen LogP contribution in [0.4, 0.5) is 0 Å². The number of carbonyl (C=O) groups excluding carboxylic acids is 1. The van der Waals surface area contributed by atoms with Gasteiger partial charge in [-0.1, -0.05) is 13.3 Å². The SMILES string of the molecule is CCCCNC(=O)[C@@H](N)Cc1c(Br)[nH]c2ccc(O)cc12. The molecule has 1 amide bonds. The third kappa shape index (κ3) is 3.77. The minimum absolute atomic E-state index is 0.148. The number of aromatic nitrogens is 1. The van der Waals surface area contributed by atoms with Crippen LogP contribution in [0.3, 0.4) is 0 Å². The van der Waals surface area contributed by atoms with Gasteiger partial charge >= 0.3 is 0 Å². The highest BCUT2D eigenvalue weighted by atomic mass is 79.9. The van der Waals surface area contributed by atoms with E-state index >= 15 is 0 Å². The largest absolute Gasteiger partial charge is 0.508 e. The van der Waals surface area contributed by atoms with Crippen LogP contribution in [0.25, 0.3) is 10.9 Å². The van der Waals surface area contributed by atoms with Crippen LogP contribution < -0.4 is 11.1 Å². The van der Waals surface area contributed by atoms with E-state index in [0.717, 1.165) is 33.9 Å². The van der Waals surface area contributed by atoms with Crippen molar-refractivity contribution in [3.05, 3.63) is 28.4 Å². The van der Waals surface area contributed by atoms with E-state index in [1.807, 2.05) is 0 Å². The van der Waals surface area contributed by atoms with Crippen molar-refractivity contribution in [2.75, 3.05) is 6.54 Å². The Bertz CT molecular complexity index is 639. The molecule has 0 saturated carbocycles. The summed E-state index contributed by atoms with van der Waals surface area (Å²) in [4.78, 5) is 15.1. The van der Waals surface area contributed by atoms with Crippen LogP contribution in [0.5, 0.6) is 5.75 Å². The molecule has 1 atom stereocenters. The number of amides is 1. The zero-order valence-corrected chi connectivity index (χ0v) is 13.5. The number of hydrogen-bond acceptors (Lipinski definition) is 3. The number of carbonyl (C=O) groups is 1. The first-order valence-corrected chi connectivity index (χ1v) is 7.84. The van der Waals surface area contributed by atoms with Crippen LogP contribution in [-0.2, 0) is 11.2 Å². The lowest BCUT2D eigenvalue weighted by atomic mass is 10.0. The Labute approximate surface area is 132 Å². The molecule has 0 aliphatic rings. The summed E-state index contributed by atoms with van der Waals surface area (Å²) in [6.45, 7) is 2.72. The molecule has 5 nitrogen and oxygen atoms in total. The number of aromatic hydroxyl groups is 1. The number of rotatable bonds is 6. The quantitative estimate of drug-likeness (QED) is 0.601. The van der Waals surface area contributed by atoms with Gasteiger partial charge in [0.2, 0.25) is 5.91 Å². The first-order chi connectivity index (χ1) is 10.0. The van der Waals surface area contributed by atoms with Crippen LogP contribution in [-0.4, -0.2) is 28.6 Å². The molecular formula is C15H20BrN3O2. The maximum atomic E-state index is 11.9. The Balaban J connectivity index is 2.13. The average molecular weight is 354 g/mol. The lowest BCUT2D eigenvalue weighted by Crippen LogP contribution is -2.42. The Morgan fingerprint density at radius 2 is 2.29 bits per heavy atom. The molecule has 0 fully saturated rings. The van der Waals surface area contributed by atoms with Gasteiger partial charge in [0.05, 0.1) is 10.6 Å². The molecule has 1 aromatic carbocycles. The minimum Gasteiger partial charge on any atom is -0.508 e. The standard InChI is InChI=1S/C15H20BrN3O2/c1-2-3-6-18-15(21)12(17)8-11-10-7-9(20)4-5-13(10)19-14(11)16/h4-5,7,12,19-20H,2-3,6,8,17H2,1H3,(H,18,21)/t12-/m0/s1. The highest BCUT2D eigenvalue weighted by Crippen LogP contribution is 2.30. The number of nitrogens with one attached hydrogen (secondary N) is 2. The van der Waals surface area contributed by atoms with E-state index in [9.17, 15) is 9.90 Å². The molecule has 114 valence electrons. The molecule has 0 spiro atoms. The second kappa shape index (κ2) is 6.95. The van der Waals surface area contributed by atoms with E-state index in [1.165, 1.54) is 0 Å². The predicted molar refractivity (Wildman–Crippen MR) is 87.3 cm³/mol. The lowest BCUT2D eigenvalue weighted by molar-refractivity contribution is -0.122. The topological polar surface area (TPSA) is 91.1 Å². The molecule has 21 heavy (non-hydrogen) atoms. The molecule has 0 saturated heterocycles. The number of nitrogens with two attached hydrogens (primary N) is 1. The number of unbranched alkanes of at least 4 members (excludes halogenated alkanes) is 1. The summed E-state index contributed by atoms with van der Waals surface area (Å²) in [5.41, 5.74) is 7.78. The fourth-order valence-corrected chi connectivity index (χ4v) is 2.82. The number of phenols is 1. The van der Waals surface area contributed by atoms with E-state index < -0.39 is 6.04 Å². The van der Waals surface area contributed by atoms with E-state index in [4.69, 9.17) is 5.73 Å². The summed E-state index contributed by atoms with van der Waals surface area (Å²) in [6, 6.07) is 4.48. The van der Waals surface area contributed by atoms with Gasteiger partial charge in [0.15, 0.2) is 0 Å².